The molecule has 2 amide bonds. The van der Waals surface area contributed by atoms with Crippen LogP contribution in [0.1, 0.15) is 36.4 Å². The number of rotatable bonds is 8. The molecule has 1 heterocycles. The first-order chi connectivity index (χ1) is 12.4. The Balaban J connectivity index is 1.94. The number of hydrogen-bond donors (Lipinski definition) is 3. The van der Waals surface area contributed by atoms with E-state index in [1.54, 1.807) is 0 Å². The maximum absolute atomic E-state index is 12.2. The molecule has 0 aliphatic heterocycles. The molecule has 2 aromatic rings. The largest absolute Gasteiger partial charge is 0.388 e. The second-order valence-electron chi connectivity index (χ2n) is 6.81. The number of aliphatic hydroxyl groups is 1. The molecule has 7 nitrogen and oxygen atoms in total. The van der Waals surface area contributed by atoms with Crippen LogP contribution in [-0.2, 0) is 0 Å². The summed E-state index contributed by atoms with van der Waals surface area (Å²) in [6.45, 7) is 5.05. The zero-order valence-electron chi connectivity index (χ0n) is 15.6. The van der Waals surface area contributed by atoms with Gasteiger partial charge < -0.3 is 15.3 Å². The van der Waals surface area contributed by atoms with Crippen LogP contribution in [0.2, 0.25) is 0 Å². The fourth-order valence-corrected chi connectivity index (χ4v) is 3.29. The Hall–Kier alpha value is -2.03. The molecule has 0 radical (unpaired) electrons. The molecular formula is C18H27N5O2S. The van der Waals surface area contributed by atoms with Crippen molar-refractivity contribution in [1.29, 1.82) is 0 Å². The minimum absolute atomic E-state index is 0.140. The van der Waals surface area contributed by atoms with Gasteiger partial charge in [0.2, 0.25) is 5.13 Å². The van der Waals surface area contributed by atoms with Gasteiger partial charge in [-0.05, 0) is 19.7 Å². The van der Waals surface area contributed by atoms with Crippen molar-refractivity contribution in [2.24, 2.45) is 5.92 Å². The third kappa shape index (κ3) is 6.05. The number of aliphatic hydroxyl groups excluding tert-OH is 1. The van der Waals surface area contributed by atoms with Gasteiger partial charge in [0.1, 0.15) is 5.01 Å². The van der Waals surface area contributed by atoms with E-state index in [2.05, 4.69) is 20.8 Å². The Morgan fingerprint density at radius 3 is 2.50 bits per heavy atom. The summed E-state index contributed by atoms with van der Waals surface area (Å²) in [4.78, 5) is 14.2. The Labute approximate surface area is 158 Å². The smallest absolute Gasteiger partial charge is 0.321 e. The standard InChI is InChI=1S/C18H27N5O2S/c1-12(2)16-21-22-18(26-16)20-17(25)19-10-14(11-23(3)4)15(24)13-8-6-5-7-9-13/h5-9,12,14-15,24H,10-11H2,1-4H3,(H2,19,20,22,25)/t14-,15+/m1/s1. The Morgan fingerprint density at radius 2 is 1.92 bits per heavy atom. The molecule has 1 aromatic carbocycles. The number of carbonyl (C=O) groups excluding carboxylic acids is 1. The summed E-state index contributed by atoms with van der Waals surface area (Å²) in [5, 5.41) is 25.6. The summed E-state index contributed by atoms with van der Waals surface area (Å²) in [5.74, 6) is 0.135. The van der Waals surface area contributed by atoms with Gasteiger partial charge in [-0.2, -0.15) is 0 Å². The lowest BCUT2D eigenvalue weighted by molar-refractivity contribution is 0.0911. The summed E-state index contributed by atoms with van der Waals surface area (Å²) >= 11 is 1.37. The van der Waals surface area contributed by atoms with Crippen LogP contribution in [0.4, 0.5) is 9.93 Å². The number of aromatic nitrogens is 2. The van der Waals surface area contributed by atoms with Crippen molar-refractivity contribution in [3.63, 3.8) is 0 Å². The average molecular weight is 378 g/mol. The first-order valence-electron chi connectivity index (χ1n) is 8.62. The molecule has 0 spiro atoms. The van der Waals surface area contributed by atoms with E-state index in [0.717, 1.165) is 10.6 Å². The number of nitrogens with zero attached hydrogens (tertiary/aromatic N) is 3. The molecule has 0 saturated carbocycles. The van der Waals surface area contributed by atoms with Crippen molar-refractivity contribution >= 4 is 22.5 Å². The number of nitrogens with one attached hydrogen (secondary N) is 2. The van der Waals surface area contributed by atoms with Gasteiger partial charge in [-0.25, -0.2) is 4.79 Å². The van der Waals surface area contributed by atoms with Crippen LogP contribution in [0, 0.1) is 5.92 Å². The quantitative estimate of drug-likeness (QED) is 0.658. The van der Waals surface area contributed by atoms with Gasteiger partial charge in [0.25, 0.3) is 0 Å². The second kappa shape index (κ2) is 9.61. The minimum Gasteiger partial charge on any atom is -0.388 e. The zero-order valence-corrected chi connectivity index (χ0v) is 16.5. The highest BCUT2D eigenvalue weighted by Crippen LogP contribution is 2.23. The summed E-state index contributed by atoms with van der Waals surface area (Å²) in [6.07, 6.45) is -0.659. The highest BCUT2D eigenvalue weighted by atomic mass is 32.1. The average Bonchev–Trinajstić information content (AvgIpc) is 3.07. The van der Waals surface area contributed by atoms with Crippen LogP contribution in [0.15, 0.2) is 30.3 Å². The summed E-state index contributed by atoms with van der Waals surface area (Å²) < 4.78 is 0. The van der Waals surface area contributed by atoms with Crippen LogP contribution >= 0.6 is 11.3 Å². The number of anilines is 1. The van der Waals surface area contributed by atoms with Crippen molar-refractivity contribution < 1.29 is 9.90 Å². The van der Waals surface area contributed by atoms with E-state index in [9.17, 15) is 9.90 Å². The molecule has 0 saturated heterocycles. The maximum atomic E-state index is 12.2. The summed E-state index contributed by atoms with van der Waals surface area (Å²) in [6, 6.07) is 9.14. The Kier molecular flexibility index (Phi) is 7.50. The maximum Gasteiger partial charge on any atom is 0.321 e. The van der Waals surface area contributed by atoms with Crippen molar-refractivity contribution in [1.82, 2.24) is 20.4 Å². The fraction of sp³-hybridized carbons (Fsp3) is 0.500. The van der Waals surface area contributed by atoms with Crippen molar-refractivity contribution in [2.75, 3.05) is 32.5 Å². The molecule has 2 rings (SSSR count). The Morgan fingerprint density at radius 1 is 1.23 bits per heavy atom. The van der Waals surface area contributed by atoms with Gasteiger partial charge >= 0.3 is 6.03 Å². The first kappa shape index (κ1) is 20.3. The predicted molar refractivity (Wildman–Crippen MR) is 104 cm³/mol. The van der Waals surface area contributed by atoms with Crippen LogP contribution in [0.3, 0.4) is 0 Å². The van der Waals surface area contributed by atoms with E-state index in [4.69, 9.17) is 0 Å². The molecular weight excluding hydrogens is 350 g/mol. The fourth-order valence-electron chi connectivity index (χ4n) is 2.55. The van der Waals surface area contributed by atoms with Gasteiger partial charge in [-0.15, -0.1) is 10.2 Å². The molecule has 3 N–H and O–H groups in total. The number of carbonyl (C=O) groups is 1. The lowest BCUT2D eigenvalue weighted by Crippen LogP contribution is -2.39. The van der Waals surface area contributed by atoms with Crippen molar-refractivity contribution in [3.8, 4) is 0 Å². The van der Waals surface area contributed by atoms with E-state index >= 15 is 0 Å². The number of amides is 2. The predicted octanol–water partition coefficient (Wildman–Crippen LogP) is 2.69. The highest BCUT2D eigenvalue weighted by Gasteiger charge is 2.22. The van der Waals surface area contributed by atoms with E-state index in [0.29, 0.717) is 18.2 Å². The third-order valence-corrected chi connectivity index (χ3v) is 5.01. The van der Waals surface area contributed by atoms with E-state index in [1.807, 2.05) is 63.2 Å². The van der Waals surface area contributed by atoms with Crippen LogP contribution < -0.4 is 10.6 Å². The zero-order chi connectivity index (χ0) is 19.1. The molecule has 142 valence electrons. The Bertz CT molecular complexity index is 690. The van der Waals surface area contributed by atoms with Crippen LogP contribution in [-0.4, -0.2) is 53.4 Å². The lowest BCUT2D eigenvalue weighted by atomic mass is 9.95. The van der Waals surface area contributed by atoms with Crippen molar-refractivity contribution in [3.05, 3.63) is 40.9 Å². The van der Waals surface area contributed by atoms with Gasteiger partial charge in [0, 0.05) is 24.9 Å². The molecule has 2 atom stereocenters. The minimum atomic E-state index is -0.659. The molecule has 26 heavy (non-hydrogen) atoms. The molecule has 0 fully saturated rings. The van der Waals surface area contributed by atoms with Crippen LogP contribution in [0.5, 0.6) is 0 Å². The van der Waals surface area contributed by atoms with Crippen molar-refractivity contribution in [2.45, 2.75) is 25.9 Å². The SMILES string of the molecule is CC(C)c1nnc(NC(=O)NC[C@H](CN(C)C)[C@@H](O)c2ccccc2)s1. The number of hydrogen-bond acceptors (Lipinski definition) is 6. The summed E-state index contributed by atoms with van der Waals surface area (Å²) in [7, 11) is 3.89. The number of benzene rings is 1. The van der Waals surface area contributed by atoms with Gasteiger partial charge in [-0.3, -0.25) is 5.32 Å². The molecule has 0 bridgehead atoms. The van der Waals surface area contributed by atoms with E-state index in [1.165, 1.54) is 11.3 Å². The second-order valence-corrected chi connectivity index (χ2v) is 7.82. The molecule has 0 aliphatic carbocycles. The lowest BCUT2D eigenvalue weighted by Gasteiger charge is -2.26. The topological polar surface area (TPSA) is 90.4 Å². The van der Waals surface area contributed by atoms with E-state index < -0.39 is 6.10 Å². The molecule has 0 unspecified atom stereocenters. The first-order valence-corrected chi connectivity index (χ1v) is 9.44. The molecule has 1 aromatic heterocycles. The van der Waals surface area contributed by atoms with Crippen LogP contribution in [0.25, 0.3) is 0 Å². The monoisotopic (exact) mass is 377 g/mol. The summed E-state index contributed by atoms with van der Waals surface area (Å²) in [5.41, 5.74) is 0.840. The molecule has 0 aliphatic rings. The van der Waals surface area contributed by atoms with Gasteiger partial charge in [0.05, 0.1) is 6.10 Å². The van der Waals surface area contributed by atoms with Gasteiger partial charge in [-0.1, -0.05) is 55.5 Å². The highest BCUT2D eigenvalue weighted by molar-refractivity contribution is 7.15. The van der Waals surface area contributed by atoms with E-state index in [-0.39, 0.29) is 17.9 Å². The van der Waals surface area contributed by atoms with Gasteiger partial charge in [0.15, 0.2) is 0 Å². The third-order valence-electron chi connectivity index (χ3n) is 3.87. The molecule has 8 heteroatoms. The number of urea groups is 1. The normalized spacial score (nSPS) is 13.7.